The molecule has 1 amide bonds. The minimum atomic E-state index is -0.0812. The van der Waals surface area contributed by atoms with Gasteiger partial charge in [0.1, 0.15) is 12.0 Å². The summed E-state index contributed by atoms with van der Waals surface area (Å²) in [7, 11) is 0. The molecule has 1 unspecified atom stereocenters. The van der Waals surface area contributed by atoms with Crippen molar-refractivity contribution in [2.75, 3.05) is 13.1 Å². The molecule has 4 nitrogen and oxygen atoms in total. The Balaban J connectivity index is 1.86. The summed E-state index contributed by atoms with van der Waals surface area (Å²) in [6, 6.07) is 11.4. The molecular weight excluding hydrogens is 252 g/mol. The van der Waals surface area contributed by atoms with E-state index in [9.17, 15) is 9.59 Å². The second-order valence-corrected chi connectivity index (χ2v) is 5.18. The number of pyridine rings is 1. The van der Waals surface area contributed by atoms with Gasteiger partial charge in [0.25, 0.3) is 5.91 Å². The molecule has 1 aliphatic rings. The predicted octanol–water partition coefficient (Wildman–Crippen LogP) is 2.29. The van der Waals surface area contributed by atoms with Crippen LogP contribution in [0.5, 0.6) is 0 Å². The monoisotopic (exact) mass is 268 g/mol. The first-order chi connectivity index (χ1) is 9.78. The van der Waals surface area contributed by atoms with Crippen molar-refractivity contribution in [3.8, 4) is 0 Å². The Morgan fingerprint density at radius 2 is 2.10 bits per heavy atom. The molecule has 1 atom stereocenters. The van der Waals surface area contributed by atoms with Gasteiger partial charge in [-0.05, 0) is 25.0 Å². The zero-order chi connectivity index (χ0) is 13.9. The molecular formula is C16H16N2O2. The normalized spacial score (nSPS) is 19.0. The lowest BCUT2D eigenvalue weighted by molar-refractivity contribution is -0.112. The number of aldehydes is 1. The van der Waals surface area contributed by atoms with Crippen LogP contribution in [0.25, 0.3) is 10.9 Å². The average molecular weight is 268 g/mol. The maximum absolute atomic E-state index is 12.5. The van der Waals surface area contributed by atoms with Crippen molar-refractivity contribution in [1.82, 2.24) is 9.88 Å². The maximum Gasteiger partial charge on any atom is 0.272 e. The molecule has 102 valence electrons. The number of likely N-dealkylation sites (tertiary alicyclic amines) is 1. The Kier molecular flexibility index (Phi) is 3.46. The molecule has 2 aromatic rings. The second-order valence-electron chi connectivity index (χ2n) is 5.18. The first kappa shape index (κ1) is 12.8. The molecule has 0 saturated carbocycles. The third-order valence-corrected chi connectivity index (χ3v) is 3.76. The van der Waals surface area contributed by atoms with E-state index in [2.05, 4.69) is 4.98 Å². The molecule has 1 fully saturated rings. The molecule has 0 bridgehead atoms. The number of nitrogens with zero attached hydrogens (tertiary/aromatic N) is 2. The number of carbonyl (C=O) groups excluding carboxylic acids is 2. The Morgan fingerprint density at radius 1 is 1.25 bits per heavy atom. The molecule has 0 radical (unpaired) electrons. The van der Waals surface area contributed by atoms with Gasteiger partial charge >= 0.3 is 0 Å². The smallest absolute Gasteiger partial charge is 0.272 e. The summed E-state index contributed by atoms with van der Waals surface area (Å²) in [5.74, 6) is -0.115. The zero-order valence-electron chi connectivity index (χ0n) is 11.2. The number of fused-ring (bicyclic) bond motifs is 1. The van der Waals surface area contributed by atoms with Crippen molar-refractivity contribution >= 4 is 23.1 Å². The number of para-hydroxylation sites is 1. The maximum atomic E-state index is 12.5. The van der Waals surface area contributed by atoms with Crippen LogP contribution in [-0.2, 0) is 4.79 Å². The summed E-state index contributed by atoms with van der Waals surface area (Å²) in [4.78, 5) is 29.5. The third-order valence-electron chi connectivity index (χ3n) is 3.76. The van der Waals surface area contributed by atoms with Crippen LogP contribution < -0.4 is 0 Å². The standard InChI is InChI=1S/C16H16N2O2/c19-11-12-4-3-9-18(10-12)16(20)15-8-7-13-5-1-2-6-14(13)17-15/h1-2,5-8,11-12H,3-4,9-10H2. The number of hydrogen-bond donors (Lipinski definition) is 0. The van der Waals surface area contributed by atoms with Crippen LogP contribution in [0.1, 0.15) is 23.3 Å². The van der Waals surface area contributed by atoms with E-state index in [1.165, 1.54) is 0 Å². The number of amides is 1. The number of carbonyl (C=O) groups is 2. The van der Waals surface area contributed by atoms with Crippen LogP contribution in [0, 0.1) is 5.92 Å². The van der Waals surface area contributed by atoms with Gasteiger partial charge in [-0.2, -0.15) is 0 Å². The minimum Gasteiger partial charge on any atom is -0.337 e. The van der Waals surface area contributed by atoms with Gasteiger partial charge in [0, 0.05) is 24.4 Å². The summed E-state index contributed by atoms with van der Waals surface area (Å²) >= 11 is 0. The van der Waals surface area contributed by atoms with E-state index in [4.69, 9.17) is 0 Å². The van der Waals surface area contributed by atoms with Crippen LogP contribution in [0.3, 0.4) is 0 Å². The van der Waals surface area contributed by atoms with Crippen LogP contribution in [0.2, 0.25) is 0 Å². The van der Waals surface area contributed by atoms with E-state index in [0.29, 0.717) is 18.8 Å². The van der Waals surface area contributed by atoms with Crippen molar-refractivity contribution in [1.29, 1.82) is 0 Å². The molecule has 0 spiro atoms. The highest BCUT2D eigenvalue weighted by Crippen LogP contribution is 2.18. The highest BCUT2D eigenvalue weighted by molar-refractivity contribution is 5.95. The second kappa shape index (κ2) is 5.41. The van der Waals surface area contributed by atoms with Crippen LogP contribution >= 0.6 is 0 Å². The quantitative estimate of drug-likeness (QED) is 0.785. The summed E-state index contributed by atoms with van der Waals surface area (Å²) in [6.07, 6.45) is 2.70. The number of rotatable bonds is 2. The van der Waals surface area contributed by atoms with Gasteiger partial charge in [0.05, 0.1) is 5.52 Å². The van der Waals surface area contributed by atoms with Crippen molar-refractivity contribution < 1.29 is 9.59 Å². The number of hydrogen-bond acceptors (Lipinski definition) is 3. The molecule has 1 aromatic carbocycles. The summed E-state index contributed by atoms with van der Waals surface area (Å²) < 4.78 is 0. The van der Waals surface area contributed by atoms with Crippen LogP contribution in [-0.4, -0.2) is 35.2 Å². The highest BCUT2D eigenvalue weighted by atomic mass is 16.2. The fourth-order valence-electron chi connectivity index (χ4n) is 2.65. The van der Waals surface area contributed by atoms with Gasteiger partial charge in [-0.1, -0.05) is 24.3 Å². The van der Waals surface area contributed by atoms with Crippen molar-refractivity contribution in [3.05, 3.63) is 42.1 Å². The molecule has 1 aromatic heterocycles. The van der Waals surface area contributed by atoms with Crippen LogP contribution in [0.4, 0.5) is 0 Å². The summed E-state index contributed by atoms with van der Waals surface area (Å²) in [5.41, 5.74) is 1.28. The third kappa shape index (κ3) is 2.41. The van der Waals surface area contributed by atoms with Crippen molar-refractivity contribution in [2.45, 2.75) is 12.8 Å². The lowest BCUT2D eigenvalue weighted by atomic mass is 9.99. The van der Waals surface area contributed by atoms with Crippen LogP contribution in [0.15, 0.2) is 36.4 Å². The number of aromatic nitrogens is 1. The summed E-state index contributed by atoms with van der Waals surface area (Å²) in [6.45, 7) is 1.22. The van der Waals surface area contributed by atoms with Gasteiger partial charge in [-0.15, -0.1) is 0 Å². The minimum absolute atomic E-state index is 0.0341. The average Bonchev–Trinajstić information content (AvgIpc) is 2.53. The van der Waals surface area contributed by atoms with Gasteiger partial charge in [-0.25, -0.2) is 4.98 Å². The molecule has 0 aliphatic carbocycles. The Hall–Kier alpha value is -2.23. The van der Waals surface area contributed by atoms with E-state index >= 15 is 0 Å². The highest BCUT2D eigenvalue weighted by Gasteiger charge is 2.24. The van der Waals surface area contributed by atoms with E-state index in [1.54, 1.807) is 11.0 Å². The Labute approximate surface area is 117 Å². The molecule has 0 N–H and O–H groups in total. The Bertz CT molecular complexity index is 654. The lowest BCUT2D eigenvalue weighted by Crippen LogP contribution is -2.40. The van der Waals surface area contributed by atoms with E-state index in [0.717, 1.165) is 30.0 Å². The predicted molar refractivity (Wildman–Crippen MR) is 76.4 cm³/mol. The zero-order valence-corrected chi connectivity index (χ0v) is 11.2. The molecule has 3 rings (SSSR count). The van der Waals surface area contributed by atoms with Gasteiger partial charge in [-0.3, -0.25) is 4.79 Å². The first-order valence-electron chi connectivity index (χ1n) is 6.88. The first-order valence-corrected chi connectivity index (χ1v) is 6.88. The van der Waals surface area contributed by atoms with Gasteiger partial charge in [0.2, 0.25) is 0 Å². The SMILES string of the molecule is O=CC1CCCN(C(=O)c2ccc3ccccc3n2)C1. The van der Waals surface area contributed by atoms with E-state index in [1.807, 2.05) is 30.3 Å². The molecule has 4 heteroatoms. The largest absolute Gasteiger partial charge is 0.337 e. The fraction of sp³-hybridized carbons (Fsp3) is 0.312. The van der Waals surface area contributed by atoms with E-state index in [-0.39, 0.29) is 11.8 Å². The molecule has 1 aliphatic heterocycles. The van der Waals surface area contributed by atoms with E-state index < -0.39 is 0 Å². The fourth-order valence-corrected chi connectivity index (χ4v) is 2.65. The van der Waals surface area contributed by atoms with Gasteiger partial charge < -0.3 is 9.69 Å². The topological polar surface area (TPSA) is 50.3 Å². The molecule has 1 saturated heterocycles. The summed E-state index contributed by atoms with van der Waals surface area (Å²) in [5, 5.41) is 1.02. The number of benzene rings is 1. The Morgan fingerprint density at radius 3 is 2.95 bits per heavy atom. The van der Waals surface area contributed by atoms with Crippen molar-refractivity contribution in [3.63, 3.8) is 0 Å². The van der Waals surface area contributed by atoms with Crippen molar-refractivity contribution in [2.24, 2.45) is 5.92 Å². The number of piperidine rings is 1. The lowest BCUT2D eigenvalue weighted by Gasteiger charge is -2.29. The molecule has 2 heterocycles. The molecule has 20 heavy (non-hydrogen) atoms. The van der Waals surface area contributed by atoms with Gasteiger partial charge in [0.15, 0.2) is 0 Å².